The summed E-state index contributed by atoms with van der Waals surface area (Å²) in [7, 11) is 0. The van der Waals surface area contributed by atoms with Crippen LogP contribution in [0.5, 0.6) is 0 Å². The predicted molar refractivity (Wildman–Crippen MR) is 58.4 cm³/mol. The van der Waals surface area contributed by atoms with Crippen LogP contribution in [-0.4, -0.2) is 25.3 Å². The Morgan fingerprint density at radius 3 is 2.64 bits per heavy atom. The molecule has 0 aromatic rings. The second-order valence-electron chi connectivity index (χ2n) is 4.97. The predicted octanol–water partition coefficient (Wildman–Crippen LogP) is 2.33. The smallest absolute Gasteiger partial charge is 0.0706 e. The maximum absolute atomic E-state index is 5.93. The van der Waals surface area contributed by atoms with Crippen molar-refractivity contribution in [3.63, 3.8) is 0 Å². The highest BCUT2D eigenvalue weighted by Crippen LogP contribution is 2.28. The maximum Gasteiger partial charge on any atom is 0.0706 e. The van der Waals surface area contributed by atoms with Gasteiger partial charge in [0.05, 0.1) is 12.2 Å². The molecule has 2 aliphatic rings. The standard InChI is InChI=1S/C12H23NO/c1-10-8-13-9-12(14-10)7-11-5-3-2-4-6-11/h10-13H,2-9H2,1H3. The van der Waals surface area contributed by atoms with Gasteiger partial charge in [-0.3, -0.25) is 0 Å². The van der Waals surface area contributed by atoms with Crippen LogP contribution in [0.25, 0.3) is 0 Å². The van der Waals surface area contributed by atoms with Crippen LogP contribution in [0.15, 0.2) is 0 Å². The van der Waals surface area contributed by atoms with E-state index in [4.69, 9.17) is 4.74 Å². The second-order valence-corrected chi connectivity index (χ2v) is 4.97. The van der Waals surface area contributed by atoms with Crippen LogP contribution < -0.4 is 5.32 Å². The third kappa shape index (κ3) is 2.96. The first-order valence-electron chi connectivity index (χ1n) is 6.21. The van der Waals surface area contributed by atoms with Gasteiger partial charge in [-0.25, -0.2) is 0 Å². The van der Waals surface area contributed by atoms with E-state index in [9.17, 15) is 0 Å². The van der Waals surface area contributed by atoms with Gasteiger partial charge >= 0.3 is 0 Å². The molecule has 0 amide bonds. The molecule has 0 aromatic carbocycles. The Labute approximate surface area is 87.4 Å². The molecule has 1 saturated carbocycles. The van der Waals surface area contributed by atoms with Crippen molar-refractivity contribution in [1.82, 2.24) is 5.32 Å². The van der Waals surface area contributed by atoms with Gasteiger partial charge in [-0.05, 0) is 19.3 Å². The fraction of sp³-hybridized carbons (Fsp3) is 1.00. The lowest BCUT2D eigenvalue weighted by Crippen LogP contribution is -2.44. The van der Waals surface area contributed by atoms with Crippen LogP contribution in [0.2, 0.25) is 0 Å². The van der Waals surface area contributed by atoms with Crippen LogP contribution in [0.4, 0.5) is 0 Å². The van der Waals surface area contributed by atoms with E-state index in [0.717, 1.165) is 19.0 Å². The van der Waals surface area contributed by atoms with Gasteiger partial charge in [-0.15, -0.1) is 0 Å². The zero-order valence-electron chi connectivity index (χ0n) is 9.30. The van der Waals surface area contributed by atoms with Crippen molar-refractivity contribution >= 4 is 0 Å². The number of morpholine rings is 1. The van der Waals surface area contributed by atoms with Gasteiger partial charge < -0.3 is 10.1 Å². The first kappa shape index (κ1) is 10.4. The second kappa shape index (κ2) is 5.13. The van der Waals surface area contributed by atoms with Crippen molar-refractivity contribution in [3.05, 3.63) is 0 Å². The van der Waals surface area contributed by atoms with E-state index in [-0.39, 0.29) is 0 Å². The van der Waals surface area contributed by atoms with Crippen LogP contribution in [0.3, 0.4) is 0 Å². The highest BCUT2D eigenvalue weighted by Gasteiger charge is 2.23. The van der Waals surface area contributed by atoms with E-state index in [1.165, 1.54) is 38.5 Å². The van der Waals surface area contributed by atoms with Crippen LogP contribution in [-0.2, 0) is 4.74 Å². The van der Waals surface area contributed by atoms with Crippen LogP contribution in [0, 0.1) is 5.92 Å². The molecular weight excluding hydrogens is 174 g/mol. The van der Waals surface area contributed by atoms with Gasteiger partial charge in [0.2, 0.25) is 0 Å². The van der Waals surface area contributed by atoms with Gasteiger partial charge in [0.25, 0.3) is 0 Å². The van der Waals surface area contributed by atoms with E-state index >= 15 is 0 Å². The lowest BCUT2D eigenvalue weighted by Gasteiger charge is -2.32. The lowest BCUT2D eigenvalue weighted by molar-refractivity contribution is -0.0402. The van der Waals surface area contributed by atoms with Crippen molar-refractivity contribution < 1.29 is 4.74 Å². The van der Waals surface area contributed by atoms with E-state index < -0.39 is 0 Å². The molecule has 0 spiro atoms. The molecule has 1 saturated heterocycles. The summed E-state index contributed by atoms with van der Waals surface area (Å²) in [6.45, 7) is 4.27. The third-order valence-corrected chi connectivity index (χ3v) is 3.55. The molecule has 0 radical (unpaired) electrons. The largest absolute Gasteiger partial charge is 0.373 e. The Balaban J connectivity index is 1.72. The SMILES string of the molecule is CC1CNCC(CC2CCCCC2)O1. The van der Waals surface area contributed by atoms with Crippen LogP contribution >= 0.6 is 0 Å². The van der Waals surface area contributed by atoms with Gasteiger partial charge in [0.15, 0.2) is 0 Å². The summed E-state index contributed by atoms with van der Waals surface area (Å²) in [5.41, 5.74) is 0. The topological polar surface area (TPSA) is 21.3 Å². The summed E-state index contributed by atoms with van der Waals surface area (Å²) >= 11 is 0. The maximum atomic E-state index is 5.93. The molecule has 1 heterocycles. The highest BCUT2D eigenvalue weighted by atomic mass is 16.5. The number of rotatable bonds is 2. The van der Waals surface area contributed by atoms with Gasteiger partial charge in [-0.1, -0.05) is 32.1 Å². The Morgan fingerprint density at radius 2 is 1.93 bits per heavy atom. The number of ether oxygens (including phenoxy) is 1. The van der Waals surface area contributed by atoms with E-state index in [0.29, 0.717) is 12.2 Å². The molecule has 0 aromatic heterocycles. The molecular formula is C12H23NO. The molecule has 2 fully saturated rings. The molecule has 1 aliphatic carbocycles. The van der Waals surface area contributed by atoms with Crippen LogP contribution in [0.1, 0.15) is 45.4 Å². The molecule has 2 rings (SSSR count). The fourth-order valence-corrected chi connectivity index (χ4v) is 2.81. The molecule has 82 valence electrons. The molecule has 14 heavy (non-hydrogen) atoms. The van der Waals surface area contributed by atoms with Gasteiger partial charge in [0, 0.05) is 13.1 Å². The van der Waals surface area contributed by atoms with Crippen molar-refractivity contribution in [2.45, 2.75) is 57.7 Å². The van der Waals surface area contributed by atoms with E-state index in [2.05, 4.69) is 12.2 Å². The quantitative estimate of drug-likeness (QED) is 0.733. The molecule has 2 heteroatoms. The minimum absolute atomic E-state index is 0.414. The zero-order chi connectivity index (χ0) is 9.80. The minimum Gasteiger partial charge on any atom is -0.373 e. The van der Waals surface area contributed by atoms with Crippen molar-refractivity contribution in [3.8, 4) is 0 Å². The minimum atomic E-state index is 0.414. The Hall–Kier alpha value is -0.0800. The molecule has 0 bridgehead atoms. The van der Waals surface area contributed by atoms with Gasteiger partial charge in [-0.2, -0.15) is 0 Å². The Kier molecular flexibility index (Phi) is 3.82. The monoisotopic (exact) mass is 197 g/mol. The highest BCUT2D eigenvalue weighted by molar-refractivity contribution is 4.76. The lowest BCUT2D eigenvalue weighted by atomic mass is 9.85. The molecule has 2 atom stereocenters. The summed E-state index contributed by atoms with van der Waals surface area (Å²) in [5, 5.41) is 3.45. The zero-order valence-corrected chi connectivity index (χ0v) is 9.30. The normalized spacial score (nSPS) is 35.8. The fourth-order valence-electron chi connectivity index (χ4n) is 2.81. The summed E-state index contributed by atoms with van der Waals surface area (Å²) in [6.07, 6.45) is 9.41. The number of hydrogen-bond donors (Lipinski definition) is 1. The van der Waals surface area contributed by atoms with Crippen molar-refractivity contribution in [1.29, 1.82) is 0 Å². The van der Waals surface area contributed by atoms with Crippen molar-refractivity contribution in [2.75, 3.05) is 13.1 Å². The number of hydrogen-bond acceptors (Lipinski definition) is 2. The Morgan fingerprint density at radius 1 is 1.14 bits per heavy atom. The number of nitrogens with one attached hydrogen (secondary N) is 1. The molecule has 2 unspecified atom stereocenters. The molecule has 2 nitrogen and oxygen atoms in total. The van der Waals surface area contributed by atoms with E-state index in [1.807, 2.05) is 0 Å². The molecule has 1 N–H and O–H groups in total. The summed E-state index contributed by atoms with van der Waals surface area (Å²) in [4.78, 5) is 0. The van der Waals surface area contributed by atoms with Crippen molar-refractivity contribution in [2.24, 2.45) is 5.92 Å². The average Bonchev–Trinajstić information content (AvgIpc) is 2.19. The Bertz CT molecular complexity index is 166. The van der Waals surface area contributed by atoms with E-state index in [1.54, 1.807) is 0 Å². The summed E-state index contributed by atoms with van der Waals surface area (Å²) < 4.78 is 5.93. The molecule has 1 aliphatic heterocycles. The average molecular weight is 197 g/mol. The van der Waals surface area contributed by atoms with Gasteiger partial charge in [0.1, 0.15) is 0 Å². The first-order chi connectivity index (χ1) is 6.84. The first-order valence-corrected chi connectivity index (χ1v) is 6.21. The summed E-state index contributed by atoms with van der Waals surface area (Å²) in [6, 6.07) is 0. The third-order valence-electron chi connectivity index (χ3n) is 3.55. The summed E-state index contributed by atoms with van der Waals surface area (Å²) in [5.74, 6) is 0.945.